The number of carbonyl (C=O) groups excluding carboxylic acids is 5. The molecule has 5 rings (SSSR count). The Morgan fingerprint density at radius 3 is 2.48 bits per heavy atom. The zero-order chi connectivity index (χ0) is 30.3. The average Bonchev–Trinajstić information content (AvgIpc) is 3.31. The lowest BCUT2D eigenvalue weighted by atomic mass is 9.67. The number of Topliss-reactive ketones (excluding diaryl/α,β-unsaturated/α-hetero) is 1. The van der Waals surface area contributed by atoms with E-state index in [4.69, 9.17) is 17.3 Å². The van der Waals surface area contributed by atoms with Gasteiger partial charge in [0.2, 0.25) is 5.91 Å². The fourth-order valence-corrected chi connectivity index (χ4v) is 5.57. The standard InChI is InChI=1S/C27H26BClFN5O7/c29-18-3-1-2-14(24(18)30)11-21(36)20-12-22(37)35(20)23(38)13-34-19-5-4-15(10-17(19)25(32-34)26(31)39)27(40)33-8-6-16(7-9-33)28(41)42/h1-5,10,16,20,41-42H,6-9,11-13H2,(H2,31,39). The summed E-state index contributed by atoms with van der Waals surface area (Å²) in [6.45, 7) is 0.141. The van der Waals surface area contributed by atoms with Crippen LogP contribution in [0.15, 0.2) is 36.4 Å². The fraction of sp³-hybridized carbons (Fsp3) is 0.333. The first-order valence-electron chi connectivity index (χ1n) is 13.2. The minimum absolute atomic E-state index is 0.0455. The third-order valence-electron chi connectivity index (χ3n) is 7.75. The van der Waals surface area contributed by atoms with Gasteiger partial charge in [-0.1, -0.05) is 23.7 Å². The van der Waals surface area contributed by atoms with Crippen LogP contribution >= 0.6 is 11.6 Å². The number of imide groups is 1. The Morgan fingerprint density at radius 2 is 1.83 bits per heavy atom. The van der Waals surface area contributed by atoms with Gasteiger partial charge < -0.3 is 20.7 Å². The van der Waals surface area contributed by atoms with E-state index >= 15 is 0 Å². The second kappa shape index (κ2) is 11.6. The monoisotopic (exact) mass is 597 g/mol. The Balaban J connectivity index is 1.34. The number of primary amides is 1. The lowest BCUT2D eigenvalue weighted by molar-refractivity contribution is -0.162. The van der Waals surface area contributed by atoms with E-state index in [2.05, 4.69) is 5.10 Å². The Kier molecular flexibility index (Phi) is 8.13. The number of piperidine rings is 1. The number of aromatic nitrogens is 2. The van der Waals surface area contributed by atoms with Crippen LogP contribution in [0.4, 0.5) is 4.39 Å². The van der Waals surface area contributed by atoms with Crippen LogP contribution in [0.3, 0.4) is 0 Å². The van der Waals surface area contributed by atoms with Gasteiger partial charge in [-0.3, -0.25) is 33.6 Å². The molecule has 0 aliphatic carbocycles. The molecule has 4 N–H and O–H groups in total. The predicted octanol–water partition coefficient (Wildman–Crippen LogP) is 0.946. The number of rotatable bonds is 8. The van der Waals surface area contributed by atoms with Crippen molar-refractivity contribution in [2.75, 3.05) is 13.1 Å². The summed E-state index contributed by atoms with van der Waals surface area (Å²) in [5.74, 6) is -4.17. The molecule has 2 saturated heterocycles. The van der Waals surface area contributed by atoms with Crippen molar-refractivity contribution in [2.45, 2.75) is 44.1 Å². The minimum atomic E-state index is -1.45. The van der Waals surface area contributed by atoms with Crippen LogP contribution in [0.1, 0.15) is 45.7 Å². The van der Waals surface area contributed by atoms with E-state index in [0.717, 1.165) is 4.90 Å². The smallest absolute Gasteiger partial charge is 0.427 e. The highest BCUT2D eigenvalue weighted by Gasteiger charge is 2.45. The summed E-state index contributed by atoms with van der Waals surface area (Å²) in [6.07, 6.45) is 0.273. The number of nitrogens with zero attached hydrogens (tertiary/aromatic N) is 4. The van der Waals surface area contributed by atoms with E-state index < -0.39 is 49.0 Å². The van der Waals surface area contributed by atoms with Crippen LogP contribution in [0.5, 0.6) is 0 Å². The molecule has 1 unspecified atom stereocenters. The second-order valence-corrected chi connectivity index (χ2v) is 10.8. The summed E-state index contributed by atoms with van der Waals surface area (Å²) in [5, 5.41) is 23.0. The maximum atomic E-state index is 14.3. The third kappa shape index (κ3) is 5.52. The molecule has 1 atom stereocenters. The van der Waals surface area contributed by atoms with Crippen molar-refractivity contribution in [2.24, 2.45) is 5.73 Å². The summed E-state index contributed by atoms with van der Waals surface area (Å²) in [4.78, 5) is 66.0. The summed E-state index contributed by atoms with van der Waals surface area (Å²) in [6, 6.07) is 7.60. The molecule has 2 aromatic carbocycles. The molecule has 15 heteroatoms. The van der Waals surface area contributed by atoms with Crippen molar-refractivity contribution in [1.29, 1.82) is 0 Å². The van der Waals surface area contributed by atoms with E-state index in [0.29, 0.717) is 31.4 Å². The van der Waals surface area contributed by atoms with Gasteiger partial charge in [0.25, 0.3) is 17.7 Å². The topological polar surface area (TPSA) is 176 Å². The number of ketones is 1. The maximum absolute atomic E-state index is 14.3. The highest BCUT2D eigenvalue weighted by atomic mass is 35.5. The normalized spacial score (nSPS) is 17.3. The number of fused-ring (bicyclic) bond motifs is 1. The Hall–Kier alpha value is -4.14. The number of carbonyl (C=O) groups is 5. The molecule has 12 nitrogen and oxygen atoms in total. The summed E-state index contributed by atoms with van der Waals surface area (Å²) >= 11 is 5.79. The number of benzene rings is 2. The lowest BCUT2D eigenvalue weighted by Crippen LogP contribution is -2.60. The van der Waals surface area contributed by atoms with Crippen LogP contribution in [0, 0.1) is 5.82 Å². The first-order chi connectivity index (χ1) is 20.0. The molecule has 3 aromatic rings. The van der Waals surface area contributed by atoms with Gasteiger partial charge in [0, 0.05) is 30.5 Å². The Bertz CT molecular complexity index is 1620. The summed E-state index contributed by atoms with van der Waals surface area (Å²) in [7, 11) is -1.45. The van der Waals surface area contributed by atoms with Gasteiger partial charge in [0.05, 0.1) is 17.0 Å². The number of hydrogen-bond donors (Lipinski definition) is 3. The fourth-order valence-electron chi connectivity index (χ4n) is 5.38. The van der Waals surface area contributed by atoms with Gasteiger partial charge >= 0.3 is 7.12 Å². The van der Waals surface area contributed by atoms with Gasteiger partial charge in [0.1, 0.15) is 18.4 Å². The number of halogens is 2. The molecule has 2 aliphatic rings. The van der Waals surface area contributed by atoms with Gasteiger partial charge in [-0.15, -0.1) is 0 Å². The van der Waals surface area contributed by atoms with Crippen molar-refractivity contribution >= 4 is 59.0 Å². The number of likely N-dealkylation sites (tertiary alicyclic amines) is 2. The highest BCUT2D eigenvalue weighted by molar-refractivity contribution is 6.43. The van der Waals surface area contributed by atoms with E-state index in [9.17, 15) is 38.4 Å². The molecular formula is C27H26BClFN5O7. The first-order valence-corrected chi connectivity index (χ1v) is 13.6. The quantitative estimate of drug-likeness (QED) is 0.254. The number of hydrogen-bond acceptors (Lipinski definition) is 8. The molecule has 218 valence electrons. The molecule has 4 amide bonds. The van der Waals surface area contributed by atoms with E-state index in [1.165, 1.54) is 41.1 Å². The van der Waals surface area contributed by atoms with Crippen molar-refractivity contribution in [3.8, 4) is 0 Å². The number of amides is 4. The van der Waals surface area contributed by atoms with Crippen molar-refractivity contribution in [3.63, 3.8) is 0 Å². The van der Waals surface area contributed by atoms with Gasteiger partial charge in [-0.2, -0.15) is 5.10 Å². The average molecular weight is 598 g/mol. The molecule has 42 heavy (non-hydrogen) atoms. The zero-order valence-corrected chi connectivity index (χ0v) is 23.0. The predicted molar refractivity (Wildman–Crippen MR) is 148 cm³/mol. The number of nitrogens with two attached hydrogens (primary N) is 1. The molecule has 0 spiro atoms. The molecule has 2 aliphatic heterocycles. The van der Waals surface area contributed by atoms with Crippen molar-refractivity contribution in [1.82, 2.24) is 19.6 Å². The minimum Gasteiger partial charge on any atom is -0.427 e. The van der Waals surface area contributed by atoms with Gasteiger partial charge in [-0.25, -0.2) is 4.39 Å². The third-order valence-corrected chi connectivity index (χ3v) is 8.04. The van der Waals surface area contributed by atoms with Crippen molar-refractivity contribution < 1.29 is 38.4 Å². The zero-order valence-electron chi connectivity index (χ0n) is 22.2. The molecule has 0 radical (unpaired) electrons. The first kappa shape index (κ1) is 29.4. The van der Waals surface area contributed by atoms with Crippen LogP contribution in [-0.4, -0.2) is 85.3 Å². The number of β-lactam (4-membered cyclic amide) rings is 1. The van der Waals surface area contributed by atoms with Crippen LogP contribution in [0.2, 0.25) is 10.8 Å². The van der Waals surface area contributed by atoms with Crippen LogP contribution in [0.25, 0.3) is 10.9 Å². The van der Waals surface area contributed by atoms with Crippen LogP contribution in [-0.2, 0) is 27.3 Å². The van der Waals surface area contributed by atoms with Crippen molar-refractivity contribution in [3.05, 3.63) is 64.1 Å². The van der Waals surface area contributed by atoms with Gasteiger partial charge in [-0.05, 0) is 48.5 Å². The second-order valence-electron chi connectivity index (χ2n) is 10.4. The van der Waals surface area contributed by atoms with E-state index in [1.54, 1.807) is 4.90 Å². The Labute approximate surface area is 243 Å². The highest BCUT2D eigenvalue weighted by Crippen LogP contribution is 2.28. The molecular weight excluding hydrogens is 572 g/mol. The van der Waals surface area contributed by atoms with E-state index in [-0.39, 0.29) is 51.8 Å². The molecule has 2 fully saturated rings. The SMILES string of the molecule is NC(=O)c1nn(CC(=O)N2C(=O)CC2C(=O)Cc2cccc(Cl)c2F)c2ccc(C(=O)N3CCC(B(O)O)CC3)cc12. The lowest BCUT2D eigenvalue weighted by Gasteiger charge is -2.37. The maximum Gasteiger partial charge on any atom is 0.454 e. The summed E-state index contributed by atoms with van der Waals surface area (Å²) < 4.78 is 15.5. The molecule has 3 heterocycles. The molecule has 1 aromatic heterocycles. The van der Waals surface area contributed by atoms with Crippen LogP contribution < -0.4 is 5.73 Å². The van der Waals surface area contributed by atoms with Gasteiger partial charge in [0.15, 0.2) is 11.5 Å². The molecule has 0 saturated carbocycles. The molecule has 0 bridgehead atoms. The Morgan fingerprint density at radius 1 is 1.12 bits per heavy atom. The van der Waals surface area contributed by atoms with E-state index in [1.807, 2.05) is 0 Å². The largest absolute Gasteiger partial charge is 0.454 e. The summed E-state index contributed by atoms with van der Waals surface area (Å²) in [5.41, 5.74) is 5.93.